The van der Waals surface area contributed by atoms with Crippen molar-refractivity contribution in [1.29, 1.82) is 0 Å². The van der Waals surface area contributed by atoms with E-state index in [-0.39, 0.29) is 59.8 Å². The Balaban J connectivity index is 0.894. The number of benzene rings is 1. The Labute approximate surface area is 419 Å². The Morgan fingerprint density at radius 3 is 2.61 bits per heavy atom. The van der Waals surface area contributed by atoms with Gasteiger partial charge in [0.1, 0.15) is 18.1 Å². The molecule has 8 heterocycles. The van der Waals surface area contributed by atoms with Gasteiger partial charge >= 0.3 is 5.97 Å². The normalized spacial score (nSPS) is 30.3. The average Bonchev–Trinajstić information content (AvgIpc) is 4.19. The monoisotopic (exact) mass is 972 g/mol. The number of amides is 3. The summed E-state index contributed by atoms with van der Waals surface area (Å²) in [5.74, 6) is 0.447. The van der Waals surface area contributed by atoms with Crippen LogP contribution in [0.15, 0.2) is 42.6 Å². The minimum Gasteiger partial charge on any atom is -0.464 e. The van der Waals surface area contributed by atoms with Gasteiger partial charge in [-0.15, -0.1) is 0 Å². The highest BCUT2D eigenvalue weighted by Gasteiger charge is 2.55. The van der Waals surface area contributed by atoms with Gasteiger partial charge in [-0.05, 0) is 137 Å². The van der Waals surface area contributed by atoms with Crippen LogP contribution in [0.4, 0.5) is 0 Å². The highest BCUT2D eigenvalue weighted by Crippen LogP contribution is 2.46. The predicted octanol–water partition coefficient (Wildman–Crippen LogP) is 5.86. The first-order valence-electron chi connectivity index (χ1n) is 27.2. The molecule has 3 N–H and O–H groups in total. The van der Waals surface area contributed by atoms with Crippen LogP contribution >= 0.6 is 0 Å². The maximum absolute atomic E-state index is 15.2. The first-order valence-corrected chi connectivity index (χ1v) is 27.2. The van der Waals surface area contributed by atoms with Crippen molar-refractivity contribution in [2.24, 2.45) is 22.7 Å². The molecule has 15 heteroatoms. The van der Waals surface area contributed by atoms with Gasteiger partial charge in [-0.1, -0.05) is 38.8 Å². The summed E-state index contributed by atoms with van der Waals surface area (Å²) in [4.78, 5) is 69.6. The number of hydrogen-bond donors (Lipinski definition) is 3. The molecule has 2 saturated carbocycles. The van der Waals surface area contributed by atoms with E-state index in [0.717, 1.165) is 118 Å². The van der Waals surface area contributed by atoms with E-state index in [1.807, 2.05) is 19.2 Å². The van der Waals surface area contributed by atoms with Gasteiger partial charge in [-0.2, -0.15) is 0 Å². The number of fused-ring (bicyclic) bond motifs is 6. The molecule has 11 rings (SSSR count). The van der Waals surface area contributed by atoms with Crippen molar-refractivity contribution in [1.82, 2.24) is 45.3 Å². The molecule has 15 nitrogen and oxygen atoms in total. The van der Waals surface area contributed by atoms with Crippen LogP contribution in [0.5, 0.6) is 0 Å². The molecule has 0 radical (unpaired) electrons. The minimum atomic E-state index is -0.842. The number of nitrogens with zero attached hydrogens (tertiary/aromatic N) is 6. The van der Waals surface area contributed by atoms with Crippen LogP contribution in [0.2, 0.25) is 0 Å². The molecule has 3 aromatic rings. The molecule has 1 unspecified atom stereocenters. The Morgan fingerprint density at radius 1 is 1.00 bits per heavy atom. The fourth-order valence-electron chi connectivity index (χ4n) is 13.6. The van der Waals surface area contributed by atoms with Gasteiger partial charge in [-0.3, -0.25) is 44.3 Å². The summed E-state index contributed by atoms with van der Waals surface area (Å²) in [5.41, 5.74) is 10.5. The number of methoxy groups -OCH3 is 1. The van der Waals surface area contributed by atoms with Crippen molar-refractivity contribution in [2.75, 3.05) is 66.1 Å². The number of hydrazine groups is 1. The summed E-state index contributed by atoms with van der Waals surface area (Å²) < 4.78 is 14.5. The van der Waals surface area contributed by atoms with E-state index in [9.17, 15) is 9.59 Å². The zero-order valence-corrected chi connectivity index (χ0v) is 42.8. The van der Waals surface area contributed by atoms with Crippen LogP contribution in [0.1, 0.15) is 121 Å². The Bertz CT molecular complexity index is 2570. The van der Waals surface area contributed by atoms with Gasteiger partial charge in [0.2, 0.25) is 11.8 Å². The second-order valence-corrected chi connectivity index (χ2v) is 23.4. The highest BCUT2D eigenvalue weighted by atomic mass is 16.5. The number of ether oxygens (including phenoxy) is 2. The van der Waals surface area contributed by atoms with Crippen molar-refractivity contribution >= 4 is 40.2 Å². The number of aryl methyl sites for hydroxylation is 1. The first-order chi connectivity index (χ1) is 34.3. The molecule has 1 spiro atoms. The van der Waals surface area contributed by atoms with Gasteiger partial charge in [-0.25, -0.2) is 5.43 Å². The molecule has 3 amide bonds. The van der Waals surface area contributed by atoms with Crippen molar-refractivity contribution in [3.63, 3.8) is 0 Å². The lowest BCUT2D eigenvalue weighted by molar-refractivity contribution is -0.155. The third-order valence-electron chi connectivity index (χ3n) is 17.7. The first kappa shape index (κ1) is 48.6. The molecule has 6 fully saturated rings. The minimum absolute atomic E-state index is 0.0167. The lowest BCUT2D eigenvalue weighted by atomic mass is 9.84. The van der Waals surface area contributed by atoms with Crippen LogP contribution < -0.4 is 16.1 Å². The Kier molecular flexibility index (Phi) is 13.4. The van der Waals surface area contributed by atoms with E-state index in [2.05, 4.69) is 86.4 Å². The number of likely N-dealkylation sites (tertiary alicyclic amines) is 2. The lowest BCUT2D eigenvalue weighted by Crippen LogP contribution is -2.63. The summed E-state index contributed by atoms with van der Waals surface area (Å²) in [7, 11) is 1.72. The summed E-state index contributed by atoms with van der Waals surface area (Å²) in [6, 6.07) is 9.41. The molecular weight excluding hydrogens is 895 g/mol. The van der Waals surface area contributed by atoms with Crippen LogP contribution in [-0.2, 0) is 41.6 Å². The molecule has 2 aliphatic carbocycles. The van der Waals surface area contributed by atoms with E-state index in [1.165, 1.54) is 24.0 Å². The van der Waals surface area contributed by atoms with Crippen LogP contribution in [0.25, 0.3) is 27.7 Å². The fourth-order valence-corrected chi connectivity index (χ4v) is 13.6. The zero-order valence-electron chi connectivity index (χ0n) is 42.8. The molecule has 4 saturated heterocycles. The summed E-state index contributed by atoms with van der Waals surface area (Å²) in [5, 5.41) is 9.63. The highest BCUT2D eigenvalue weighted by molar-refractivity contribution is 5.95. The van der Waals surface area contributed by atoms with Crippen LogP contribution in [-0.4, -0.2) is 149 Å². The van der Waals surface area contributed by atoms with Gasteiger partial charge in [0, 0.05) is 99.0 Å². The number of aromatic nitrogens is 2. The van der Waals surface area contributed by atoms with E-state index >= 15 is 9.59 Å². The van der Waals surface area contributed by atoms with E-state index in [4.69, 9.17) is 14.5 Å². The lowest BCUT2D eigenvalue weighted by Gasteiger charge is -2.39. The van der Waals surface area contributed by atoms with Crippen molar-refractivity contribution in [3.05, 3.63) is 59.4 Å². The van der Waals surface area contributed by atoms with E-state index in [1.54, 1.807) is 12.1 Å². The van der Waals surface area contributed by atoms with Crippen LogP contribution in [0, 0.1) is 22.7 Å². The Morgan fingerprint density at radius 2 is 1.82 bits per heavy atom. The van der Waals surface area contributed by atoms with Crippen molar-refractivity contribution in [2.45, 2.75) is 148 Å². The molecule has 2 aromatic heterocycles. The number of rotatable bonds is 10. The maximum atomic E-state index is 15.2. The molecule has 71 heavy (non-hydrogen) atoms. The van der Waals surface area contributed by atoms with Gasteiger partial charge < -0.3 is 24.3 Å². The number of carbonyl (C=O) groups excluding carboxylic acids is 4. The third-order valence-corrected chi connectivity index (χ3v) is 17.7. The predicted molar refractivity (Wildman–Crippen MR) is 273 cm³/mol. The smallest absolute Gasteiger partial charge is 0.324 e. The molecule has 382 valence electrons. The summed E-state index contributed by atoms with van der Waals surface area (Å²) >= 11 is 0. The fraction of sp³-hybridized carbons (Fsp3) is 0.661. The number of hydrogen-bond acceptors (Lipinski definition) is 11. The average molecular weight is 972 g/mol. The number of pyridine rings is 1. The summed E-state index contributed by atoms with van der Waals surface area (Å²) in [6.07, 6.45) is 15.1. The molecule has 1 aromatic carbocycles. The van der Waals surface area contributed by atoms with Gasteiger partial charge in [0.15, 0.2) is 0 Å². The zero-order chi connectivity index (χ0) is 49.2. The quantitative estimate of drug-likeness (QED) is 0.165. The van der Waals surface area contributed by atoms with Crippen LogP contribution in [0.3, 0.4) is 0 Å². The molecule has 8 atom stereocenters. The number of cyclic esters (lactones) is 1. The molecule has 8 aliphatic rings. The molecule has 6 bridgehead atoms. The Hall–Kier alpha value is -4.67. The van der Waals surface area contributed by atoms with Gasteiger partial charge in [0.05, 0.1) is 30.1 Å². The number of esters is 1. The molecule has 6 aliphatic heterocycles. The second-order valence-electron chi connectivity index (χ2n) is 23.4. The summed E-state index contributed by atoms with van der Waals surface area (Å²) in [6.45, 7) is 14.7. The largest absolute Gasteiger partial charge is 0.464 e. The number of carbonyl (C=O) groups is 4. The number of nitrogens with one attached hydrogen (secondary N) is 3. The van der Waals surface area contributed by atoms with Crippen molar-refractivity contribution in [3.8, 4) is 11.3 Å². The molecular formula is C56H77N9O6. The SMILES string of the molecule is CCn1c(-c2cccnc2[C@H](C)OC)c2c3cc(ccc31)C1=CCCN(C1)C[C@H](NC(=O)[C@H](C1CCCC1)N1CC[C@]3(CCN(C(=O)[C@@H]4N[C@@H]4C4CC4)C3)C1)C(=O)N1CCC[C@H](N1)C(=O)OCC(C)(C)C2. The van der Waals surface area contributed by atoms with Crippen molar-refractivity contribution < 1.29 is 28.7 Å². The van der Waals surface area contributed by atoms with E-state index in [0.29, 0.717) is 50.9 Å². The second kappa shape index (κ2) is 19.6. The topological polar surface area (TPSA) is 164 Å². The third kappa shape index (κ3) is 9.70. The van der Waals surface area contributed by atoms with E-state index < -0.39 is 17.5 Å². The standard InChI is InChI=1S/C56H77N9O6/c1-6-64-45-20-19-38-28-41(45)42(50(64)40-15-9-23-57-46(40)35(2)70-5)29-55(3,4)34-71-54(69)43-16-11-25-65(60-43)52(67)44(31-61-24-10-14-39(38)30-61)58-51(66)49(37-12-7-8-13-37)62-26-21-56(32-62)22-27-63(33-56)53(68)48-47(59-48)36-17-18-36/h9,14-15,19-20,23,28,35-37,43-44,47-49,59-60H,6-8,10-13,16-18,21-22,24-27,29-34H2,1-5H3,(H,58,66)/t35-,43-,44-,47+,48+,49-,56-/m0/s1. The maximum Gasteiger partial charge on any atom is 0.324 e. The van der Waals surface area contributed by atoms with Gasteiger partial charge in [0.25, 0.3) is 5.91 Å².